The molecule has 1 aromatic heterocycles. The number of hydrogen-bond donors (Lipinski definition) is 0. The lowest BCUT2D eigenvalue weighted by Crippen LogP contribution is -2.42. The summed E-state index contributed by atoms with van der Waals surface area (Å²) >= 11 is 0. The summed E-state index contributed by atoms with van der Waals surface area (Å²) in [5, 5.41) is 4.35. The monoisotopic (exact) mass is 362 g/mol. The number of amides is 1. The Bertz CT molecular complexity index is 582. The Kier molecular flexibility index (Phi) is 6.70. The fourth-order valence-electron chi connectivity index (χ4n) is 4.53. The van der Waals surface area contributed by atoms with Gasteiger partial charge < -0.3 is 9.64 Å². The third kappa shape index (κ3) is 4.86. The van der Waals surface area contributed by atoms with Gasteiger partial charge >= 0.3 is 0 Å². The fraction of sp³-hybridized carbons (Fsp3) is 0.800. The normalized spacial score (nSPS) is 27.4. The van der Waals surface area contributed by atoms with Gasteiger partial charge in [-0.2, -0.15) is 5.10 Å². The quantitative estimate of drug-likeness (QED) is 0.781. The van der Waals surface area contributed by atoms with Crippen molar-refractivity contribution in [2.75, 3.05) is 33.8 Å². The molecule has 3 heterocycles. The molecule has 0 radical (unpaired) electrons. The van der Waals surface area contributed by atoms with Crippen molar-refractivity contribution in [2.24, 2.45) is 13.0 Å². The molecule has 0 bridgehead atoms. The molecular formula is C20H34N4O2. The predicted molar refractivity (Wildman–Crippen MR) is 102 cm³/mol. The number of carbonyl (C=O) groups is 1. The zero-order chi connectivity index (χ0) is 18.5. The van der Waals surface area contributed by atoms with Crippen LogP contribution in [0.2, 0.25) is 0 Å². The van der Waals surface area contributed by atoms with Crippen LogP contribution in [0.4, 0.5) is 0 Å². The average molecular weight is 363 g/mol. The summed E-state index contributed by atoms with van der Waals surface area (Å²) < 4.78 is 7.63. The topological polar surface area (TPSA) is 50.6 Å². The van der Waals surface area contributed by atoms with Gasteiger partial charge in [0, 0.05) is 51.5 Å². The number of nitrogens with zero attached hydrogens (tertiary/aromatic N) is 4. The van der Waals surface area contributed by atoms with Crippen molar-refractivity contribution >= 4 is 5.91 Å². The Morgan fingerprint density at radius 3 is 2.85 bits per heavy atom. The maximum absolute atomic E-state index is 12.6. The van der Waals surface area contributed by atoms with E-state index in [-0.39, 0.29) is 12.0 Å². The van der Waals surface area contributed by atoms with Crippen LogP contribution in [0.15, 0.2) is 12.4 Å². The number of ether oxygens (including phenoxy) is 1. The summed E-state index contributed by atoms with van der Waals surface area (Å²) in [5.74, 6) is 0.704. The van der Waals surface area contributed by atoms with Crippen molar-refractivity contribution < 1.29 is 9.53 Å². The molecule has 0 aromatic carbocycles. The third-order valence-electron chi connectivity index (χ3n) is 5.96. The van der Waals surface area contributed by atoms with Crippen LogP contribution in [0.5, 0.6) is 0 Å². The number of piperidine rings is 1. The molecule has 0 N–H and O–H groups in total. The smallest absolute Gasteiger partial charge is 0.222 e. The van der Waals surface area contributed by atoms with Crippen LogP contribution in [0.25, 0.3) is 0 Å². The van der Waals surface area contributed by atoms with Crippen LogP contribution in [0.3, 0.4) is 0 Å². The Balaban J connectivity index is 1.55. The number of carbonyl (C=O) groups excluding carboxylic acids is 1. The Morgan fingerprint density at radius 2 is 2.15 bits per heavy atom. The van der Waals surface area contributed by atoms with E-state index in [9.17, 15) is 4.79 Å². The Labute approximate surface area is 157 Å². The van der Waals surface area contributed by atoms with Gasteiger partial charge in [0.05, 0.1) is 12.3 Å². The van der Waals surface area contributed by atoms with Gasteiger partial charge in [0.1, 0.15) is 0 Å². The van der Waals surface area contributed by atoms with Crippen molar-refractivity contribution in [2.45, 2.75) is 57.1 Å². The summed E-state index contributed by atoms with van der Waals surface area (Å²) in [6, 6.07) is 0.342. The minimum absolute atomic E-state index is 0.248. The van der Waals surface area contributed by atoms with E-state index in [4.69, 9.17) is 4.74 Å². The van der Waals surface area contributed by atoms with Gasteiger partial charge in [-0.25, -0.2) is 0 Å². The summed E-state index contributed by atoms with van der Waals surface area (Å²) in [5.41, 5.74) is 1.26. The van der Waals surface area contributed by atoms with Crippen LogP contribution < -0.4 is 0 Å². The van der Waals surface area contributed by atoms with Gasteiger partial charge in [0.15, 0.2) is 0 Å². The molecule has 6 heteroatoms. The van der Waals surface area contributed by atoms with E-state index in [2.05, 4.69) is 23.2 Å². The molecule has 0 saturated carbocycles. The van der Waals surface area contributed by atoms with Crippen LogP contribution in [0, 0.1) is 5.92 Å². The Morgan fingerprint density at radius 1 is 1.31 bits per heavy atom. The summed E-state index contributed by atoms with van der Waals surface area (Å²) in [6.07, 6.45) is 11.7. The zero-order valence-corrected chi connectivity index (χ0v) is 16.6. The molecular weight excluding hydrogens is 328 g/mol. The molecule has 1 amide bonds. The third-order valence-corrected chi connectivity index (χ3v) is 5.96. The van der Waals surface area contributed by atoms with Gasteiger partial charge in [-0.3, -0.25) is 14.4 Å². The second-order valence-electron chi connectivity index (χ2n) is 8.08. The number of aromatic nitrogens is 2. The second kappa shape index (κ2) is 9.00. The zero-order valence-electron chi connectivity index (χ0n) is 16.6. The van der Waals surface area contributed by atoms with E-state index < -0.39 is 0 Å². The van der Waals surface area contributed by atoms with Crippen LogP contribution in [-0.2, 0) is 16.6 Å². The van der Waals surface area contributed by atoms with Gasteiger partial charge in [0.25, 0.3) is 0 Å². The van der Waals surface area contributed by atoms with E-state index in [1.807, 2.05) is 29.9 Å². The largest absolute Gasteiger partial charge is 0.378 e. The standard InChI is InChI=1S/C20H34N4O2/c1-22-11-6-7-16(20(22)17-13-21-24(3)15-17)14-23(2)19(25)10-9-18-8-4-5-12-26-18/h13,15-16,18,20H,4-12,14H2,1-3H3/t16-,18-,20+/m0/s1. The lowest BCUT2D eigenvalue weighted by Gasteiger charge is -2.40. The average Bonchev–Trinajstić information content (AvgIpc) is 3.06. The van der Waals surface area contributed by atoms with E-state index in [0.717, 1.165) is 45.4 Å². The van der Waals surface area contributed by atoms with Crippen LogP contribution in [0.1, 0.15) is 56.6 Å². The highest BCUT2D eigenvalue weighted by atomic mass is 16.5. The molecule has 3 rings (SSSR count). The van der Waals surface area contributed by atoms with E-state index in [0.29, 0.717) is 18.4 Å². The van der Waals surface area contributed by atoms with E-state index in [1.165, 1.54) is 18.4 Å². The van der Waals surface area contributed by atoms with Crippen molar-refractivity contribution in [1.82, 2.24) is 19.6 Å². The maximum atomic E-state index is 12.6. The minimum atomic E-state index is 0.248. The highest BCUT2D eigenvalue weighted by Crippen LogP contribution is 2.35. The van der Waals surface area contributed by atoms with Crippen molar-refractivity contribution in [1.29, 1.82) is 0 Å². The Hall–Kier alpha value is -1.40. The van der Waals surface area contributed by atoms with Gasteiger partial charge in [-0.05, 0) is 58.0 Å². The highest BCUT2D eigenvalue weighted by molar-refractivity contribution is 5.75. The molecule has 3 atom stereocenters. The van der Waals surface area contributed by atoms with Gasteiger partial charge in [-0.1, -0.05) is 0 Å². The molecule has 26 heavy (non-hydrogen) atoms. The summed E-state index contributed by atoms with van der Waals surface area (Å²) in [4.78, 5) is 17.0. The minimum Gasteiger partial charge on any atom is -0.378 e. The molecule has 0 aliphatic carbocycles. The number of hydrogen-bond acceptors (Lipinski definition) is 4. The van der Waals surface area contributed by atoms with Crippen molar-refractivity contribution in [3.63, 3.8) is 0 Å². The predicted octanol–water partition coefficient (Wildman–Crippen LogP) is 2.61. The van der Waals surface area contributed by atoms with Crippen LogP contribution >= 0.6 is 0 Å². The first-order chi connectivity index (χ1) is 12.5. The first-order valence-electron chi connectivity index (χ1n) is 10.1. The molecule has 2 aliphatic rings. The fourth-order valence-corrected chi connectivity index (χ4v) is 4.53. The molecule has 0 unspecified atom stereocenters. The maximum Gasteiger partial charge on any atom is 0.222 e. The van der Waals surface area contributed by atoms with Crippen LogP contribution in [-0.4, -0.2) is 65.4 Å². The van der Waals surface area contributed by atoms with Gasteiger partial charge in [-0.15, -0.1) is 0 Å². The van der Waals surface area contributed by atoms with E-state index >= 15 is 0 Å². The molecule has 6 nitrogen and oxygen atoms in total. The van der Waals surface area contributed by atoms with Crippen molar-refractivity contribution in [3.8, 4) is 0 Å². The van der Waals surface area contributed by atoms with E-state index in [1.54, 1.807) is 0 Å². The molecule has 146 valence electrons. The molecule has 2 fully saturated rings. The number of aryl methyl sites for hydroxylation is 1. The lowest BCUT2D eigenvalue weighted by molar-refractivity contribution is -0.132. The first kappa shape index (κ1) is 19.4. The molecule has 1 aromatic rings. The highest BCUT2D eigenvalue weighted by Gasteiger charge is 2.32. The lowest BCUT2D eigenvalue weighted by atomic mass is 9.85. The van der Waals surface area contributed by atoms with Gasteiger partial charge in [0.2, 0.25) is 5.91 Å². The summed E-state index contributed by atoms with van der Waals surface area (Å²) in [7, 11) is 6.11. The molecule has 0 spiro atoms. The molecule has 2 saturated heterocycles. The number of likely N-dealkylation sites (tertiary alicyclic amines) is 1. The number of rotatable bonds is 6. The molecule has 2 aliphatic heterocycles. The first-order valence-corrected chi connectivity index (χ1v) is 10.1. The SMILES string of the molecule is CN(C[C@@H]1CCCN(C)[C@H]1c1cnn(C)c1)C(=O)CC[C@@H]1CCCCO1. The second-order valence-corrected chi connectivity index (χ2v) is 8.08. The summed E-state index contributed by atoms with van der Waals surface area (Å²) in [6.45, 7) is 2.77. The van der Waals surface area contributed by atoms with Crippen molar-refractivity contribution in [3.05, 3.63) is 18.0 Å².